The third kappa shape index (κ3) is 4.45. The Bertz CT molecular complexity index is 1420. The van der Waals surface area contributed by atoms with Gasteiger partial charge in [0.15, 0.2) is 6.23 Å². The van der Waals surface area contributed by atoms with Gasteiger partial charge in [-0.15, -0.1) is 0 Å². The van der Waals surface area contributed by atoms with Crippen molar-refractivity contribution in [2.24, 2.45) is 0 Å². The number of fused-ring (bicyclic) bond motifs is 1. The minimum Gasteiger partial charge on any atom is -0.390 e. The van der Waals surface area contributed by atoms with Crippen LogP contribution in [0.25, 0.3) is 33.4 Å². The van der Waals surface area contributed by atoms with Gasteiger partial charge in [0, 0.05) is 25.1 Å². The fourth-order valence-corrected chi connectivity index (χ4v) is 5.14. The summed E-state index contributed by atoms with van der Waals surface area (Å²) in [5, 5.41) is 25.6. The number of β-amino-alcohol motifs (C(OH)–C–C–N with tert-alkyl or cyclic N) is 1. The number of nitrogens with zero attached hydrogens (tertiary/aromatic N) is 5. The highest BCUT2D eigenvalue weighted by Crippen LogP contribution is 2.36. The van der Waals surface area contributed by atoms with Crippen molar-refractivity contribution in [3.05, 3.63) is 60.4 Å². The maximum absolute atomic E-state index is 14.6. The molecule has 4 aromatic rings. The molecule has 10 heteroatoms. The molecular weight excluding hydrogens is 480 g/mol. The third-order valence-corrected chi connectivity index (χ3v) is 7.12. The zero-order valence-corrected chi connectivity index (χ0v) is 20.1. The molecule has 2 aliphatic heterocycles. The molecule has 2 aliphatic rings. The topological polar surface area (TPSA) is 96.5 Å². The van der Waals surface area contributed by atoms with Gasteiger partial charge in [-0.2, -0.15) is 5.10 Å². The predicted octanol–water partition coefficient (Wildman–Crippen LogP) is 4.07. The van der Waals surface area contributed by atoms with Gasteiger partial charge in [0.1, 0.15) is 28.8 Å². The lowest BCUT2D eigenvalue weighted by atomic mass is 10.0. The Morgan fingerprint density at radius 2 is 1.81 bits per heavy atom. The minimum absolute atomic E-state index is 0.0993. The number of rotatable bonds is 4. The van der Waals surface area contributed by atoms with Crippen molar-refractivity contribution < 1.29 is 23.7 Å². The number of ether oxygens (including phenoxy) is 1. The van der Waals surface area contributed by atoms with E-state index in [1.165, 1.54) is 18.2 Å². The Morgan fingerprint density at radius 3 is 2.57 bits per heavy atom. The number of hydrogen-bond acceptors (Lipinski definition) is 7. The van der Waals surface area contributed by atoms with Gasteiger partial charge in [-0.3, -0.25) is 4.98 Å². The summed E-state index contributed by atoms with van der Waals surface area (Å²) in [4.78, 5) is 11.0. The lowest BCUT2D eigenvalue weighted by Gasteiger charge is -2.34. The second-order valence-corrected chi connectivity index (χ2v) is 9.57. The van der Waals surface area contributed by atoms with Crippen molar-refractivity contribution in [2.75, 3.05) is 24.6 Å². The van der Waals surface area contributed by atoms with Gasteiger partial charge in [-0.25, -0.2) is 18.4 Å². The lowest BCUT2D eigenvalue weighted by molar-refractivity contribution is -0.0365. The van der Waals surface area contributed by atoms with Crippen LogP contribution in [0.5, 0.6) is 0 Å². The van der Waals surface area contributed by atoms with Gasteiger partial charge in [0.05, 0.1) is 35.7 Å². The molecule has 8 nitrogen and oxygen atoms in total. The van der Waals surface area contributed by atoms with Gasteiger partial charge >= 0.3 is 0 Å². The quantitative estimate of drug-likeness (QED) is 0.430. The Hall–Kier alpha value is -3.47. The van der Waals surface area contributed by atoms with Crippen molar-refractivity contribution in [2.45, 2.75) is 44.1 Å². The largest absolute Gasteiger partial charge is 0.390 e. The summed E-state index contributed by atoms with van der Waals surface area (Å²) in [6.45, 7) is 1.40. The Morgan fingerprint density at radius 1 is 0.973 bits per heavy atom. The number of aliphatic hydroxyl groups is 2. The molecular formula is C27H27F2N5O3. The first kappa shape index (κ1) is 23.9. The van der Waals surface area contributed by atoms with E-state index in [1.807, 2.05) is 15.6 Å². The van der Waals surface area contributed by atoms with Crippen LogP contribution in [-0.2, 0) is 4.74 Å². The SMILES string of the molecule is O[C@@H]1CN(c2cncc(-c3nn(C4CCCCO4)c4ccc(-c5c(F)cccc5F)cc34)n2)CC[C@@H]1O. The summed E-state index contributed by atoms with van der Waals surface area (Å²) in [5.41, 5.74) is 2.08. The Kier molecular flexibility index (Phi) is 6.31. The van der Waals surface area contributed by atoms with Crippen LogP contribution in [0, 0.1) is 11.6 Å². The smallest absolute Gasteiger partial charge is 0.150 e. The van der Waals surface area contributed by atoms with Crippen molar-refractivity contribution in [3.63, 3.8) is 0 Å². The first-order valence-electron chi connectivity index (χ1n) is 12.5. The first-order chi connectivity index (χ1) is 18.0. The van der Waals surface area contributed by atoms with Crippen molar-refractivity contribution >= 4 is 16.7 Å². The maximum Gasteiger partial charge on any atom is 0.150 e. The van der Waals surface area contributed by atoms with Crippen LogP contribution in [0.3, 0.4) is 0 Å². The Labute approximate surface area is 212 Å². The van der Waals surface area contributed by atoms with E-state index in [0.29, 0.717) is 47.7 Å². The van der Waals surface area contributed by atoms with E-state index in [1.54, 1.807) is 24.5 Å². The van der Waals surface area contributed by atoms with E-state index < -0.39 is 23.8 Å². The Balaban J connectivity index is 1.48. The normalized spacial score (nSPS) is 22.5. The van der Waals surface area contributed by atoms with Crippen molar-refractivity contribution in [1.29, 1.82) is 0 Å². The molecule has 0 aliphatic carbocycles. The zero-order valence-electron chi connectivity index (χ0n) is 20.1. The van der Waals surface area contributed by atoms with Gasteiger partial charge in [-0.1, -0.05) is 12.1 Å². The van der Waals surface area contributed by atoms with Crippen molar-refractivity contribution in [1.82, 2.24) is 19.7 Å². The fourth-order valence-electron chi connectivity index (χ4n) is 5.14. The third-order valence-electron chi connectivity index (χ3n) is 7.12. The summed E-state index contributed by atoms with van der Waals surface area (Å²) >= 11 is 0. The lowest BCUT2D eigenvalue weighted by Crippen LogP contribution is -2.47. The van der Waals surface area contributed by atoms with Gasteiger partial charge < -0.3 is 19.8 Å². The molecule has 0 saturated carbocycles. The summed E-state index contributed by atoms with van der Waals surface area (Å²) in [5.74, 6) is -0.732. The second-order valence-electron chi connectivity index (χ2n) is 9.57. The molecule has 2 aromatic heterocycles. The number of piperidine rings is 1. The number of aliphatic hydroxyl groups excluding tert-OH is 2. The highest BCUT2D eigenvalue weighted by Gasteiger charge is 2.28. The van der Waals surface area contributed by atoms with Crippen LogP contribution in [-0.4, -0.2) is 61.9 Å². The zero-order chi connectivity index (χ0) is 25.5. The molecule has 3 atom stereocenters. The average molecular weight is 508 g/mol. The molecule has 4 heterocycles. The van der Waals surface area contributed by atoms with Crippen LogP contribution in [0.4, 0.5) is 14.6 Å². The number of halogens is 2. The summed E-state index contributed by atoms with van der Waals surface area (Å²) in [6, 6.07) is 9.05. The molecule has 2 N–H and O–H groups in total. The number of hydrogen-bond donors (Lipinski definition) is 2. The van der Waals surface area contributed by atoms with E-state index in [4.69, 9.17) is 14.8 Å². The number of benzene rings is 2. The molecule has 0 amide bonds. The first-order valence-corrected chi connectivity index (χ1v) is 12.5. The standard InChI is InChI=1S/C27H27F2N5O3/c28-18-4-3-5-19(29)26(18)16-7-8-21-17(12-16)27(32-34(21)25-6-1-2-11-37-25)20-13-30-14-24(31-20)33-10-9-22(35)23(36)15-33/h3-5,7-8,12-14,22-23,25,35-36H,1-2,6,9-11,15H2/t22-,23+,25?/m0/s1. The van der Waals surface area contributed by atoms with E-state index in [-0.39, 0.29) is 18.3 Å². The number of aromatic nitrogens is 4. The molecule has 0 spiro atoms. The van der Waals surface area contributed by atoms with E-state index in [0.717, 1.165) is 24.8 Å². The molecule has 1 unspecified atom stereocenters. The second kappa shape index (κ2) is 9.77. The van der Waals surface area contributed by atoms with E-state index >= 15 is 0 Å². The van der Waals surface area contributed by atoms with Crippen LogP contribution in [0.15, 0.2) is 48.8 Å². The average Bonchev–Trinajstić information content (AvgIpc) is 3.30. The fraction of sp³-hybridized carbons (Fsp3) is 0.370. The van der Waals surface area contributed by atoms with E-state index in [2.05, 4.69) is 4.98 Å². The van der Waals surface area contributed by atoms with Crippen LogP contribution in [0.1, 0.15) is 31.9 Å². The highest BCUT2D eigenvalue weighted by molar-refractivity contribution is 5.95. The van der Waals surface area contributed by atoms with E-state index in [9.17, 15) is 19.0 Å². The summed E-state index contributed by atoms with van der Waals surface area (Å²) in [6.07, 6.45) is 4.54. The van der Waals surface area contributed by atoms with Gasteiger partial charge in [0.2, 0.25) is 0 Å². The highest BCUT2D eigenvalue weighted by atomic mass is 19.1. The van der Waals surface area contributed by atoms with Gasteiger partial charge in [0.25, 0.3) is 0 Å². The van der Waals surface area contributed by atoms with Crippen LogP contribution in [0.2, 0.25) is 0 Å². The van der Waals surface area contributed by atoms with Crippen LogP contribution < -0.4 is 4.90 Å². The van der Waals surface area contributed by atoms with Crippen LogP contribution >= 0.6 is 0 Å². The van der Waals surface area contributed by atoms with Gasteiger partial charge in [-0.05, 0) is 55.5 Å². The monoisotopic (exact) mass is 507 g/mol. The molecule has 6 rings (SSSR count). The molecule has 0 radical (unpaired) electrons. The molecule has 0 bridgehead atoms. The predicted molar refractivity (Wildman–Crippen MR) is 134 cm³/mol. The molecule has 37 heavy (non-hydrogen) atoms. The summed E-state index contributed by atoms with van der Waals surface area (Å²) in [7, 11) is 0. The molecule has 192 valence electrons. The summed E-state index contributed by atoms with van der Waals surface area (Å²) < 4.78 is 37.1. The maximum atomic E-state index is 14.6. The number of anilines is 1. The van der Waals surface area contributed by atoms with Crippen molar-refractivity contribution in [3.8, 4) is 22.5 Å². The molecule has 2 saturated heterocycles. The minimum atomic E-state index is -0.874. The molecule has 2 fully saturated rings. The molecule has 2 aromatic carbocycles.